The molecular weight excluding hydrogens is 254 g/mol. The Bertz CT molecular complexity index is 304. The van der Waals surface area contributed by atoms with Crippen molar-refractivity contribution in [3.8, 4) is 0 Å². The molecule has 0 aliphatic carbocycles. The van der Waals surface area contributed by atoms with Gasteiger partial charge in [0.1, 0.15) is 0 Å². The Morgan fingerprint density at radius 1 is 1.53 bits per heavy atom. The van der Waals surface area contributed by atoms with E-state index >= 15 is 0 Å². The minimum atomic E-state index is 0.336. The first-order chi connectivity index (χ1) is 7.31. The summed E-state index contributed by atoms with van der Waals surface area (Å²) in [6.45, 7) is 2.20. The summed E-state index contributed by atoms with van der Waals surface area (Å²) in [5.41, 5.74) is 1.14. The molecule has 2 heterocycles. The molecule has 15 heavy (non-hydrogen) atoms. The summed E-state index contributed by atoms with van der Waals surface area (Å²) in [6.07, 6.45) is 4.88. The summed E-state index contributed by atoms with van der Waals surface area (Å²) in [7, 11) is 0. The summed E-state index contributed by atoms with van der Waals surface area (Å²) in [4.78, 5) is 4.38. The fourth-order valence-electron chi connectivity index (χ4n) is 2.05. The van der Waals surface area contributed by atoms with Crippen molar-refractivity contribution in [1.82, 2.24) is 4.98 Å². The molecule has 3 unspecified atom stereocenters. The number of pyridine rings is 1. The highest BCUT2D eigenvalue weighted by molar-refractivity contribution is 9.09. The molecule has 1 aliphatic heterocycles. The zero-order chi connectivity index (χ0) is 10.7. The number of nitrogens with zero attached hydrogens (tertiary/aromatic N) is 1. The summed E-state index contributed by atoms with van der Waals surface area (Å²) in [5.74, 6) is 0.398. The van der Waals surface area contributed by atoms with E-state index in [2.05, 4.69) is 33.9 Å². The molecule has 1 saturated heterocycles. The molecule has 0 radical (unpaired) electrons. The van der Waals surface area contributed by atoms with Gasteiger partial charge in [-0.25, -0.2) is 0 Å². The maximum Gasteiger partial charge on any atom is 0.0676 e. The second-order valence-corrected chi connectivity index (χ2v) is 4.72. The molecule has 1 aliphatic rings. The zero-order valence-corrected chi connectivity index (χ0v) is 10.5. The van der Waals surface area contributed by atoms with E-state index < -0.39 is 0 Å². The molecule has 2 nitrogen and oxygen atoms in total. The van der Waals surface area contributed by atoms with Crippen LogP contribution in [0.25, 0.3) is 0 Å². The number of hydrogen-bond donors (Lipinski definition) is 0. The number of rotatable bonds is 3. The van der Waals surface area contributed by atoms with Crippen LogP contribution in [-0.2, 0) is 4.74 Å². The maximum atomic E-state index is 5.94. The Morgan fingerprint density at radius 3 is 3.00 bits per heavy atom. The molecule has 0 aromatic carbocycles. The zero-order valence-electron chi connectivity index (χ0n) is 8.90. The van der Waals surface area contributed by atoms with Gasteiger partial charge in [0.2, 0.25) is 0 Å². The standard InChI is InChI=1S/C12H16BrNO/c1-9(11-4-2-3-7-14-11)12-6-5-10(8-13)15-12/h2-4,7,9-10,12H,5-6,8H2,1H3. The van der Waals surface area contributed by atoms with Gasteiger partial charge in [0, 0.05) is 23.1 Å². The maximum absolute atomic E-state index is 5.94. The van der Waals surface area contributed by atoms with Crippen molar-refractivity contribution in [2.24, 2.45) is 0 Å². The third-order valence-corrected chi connectivity index (χ3v) is 3.75. The smallest absolute Gasteiger partial charge is 0.0676 e. The molecule has 1 aromatic heterocycles. The predicted octanol–water partition coefficient (Wildman–Crippen LogP) is 3.13. The van der Waals surface area contributed by atoms with E-state index in [1.807, 2.05) is 18.3 Å². The lowest BCUT2D eigenvalue weighted by atomic mass is 9.98. The first-order valence-corrected chi connectivity index (χ1v) is 6.55. The van der Waals surface area contributed by atoms with Gasteiger partial charge in [-0.1, -0.05) is 28.9 Å². The number of hydrogen-bond acceptors (Lipinski definition) is 2. The lowest BCUT2D eigenvalue weighted by Crippen LogP contribution is -2.18. The first-order valence-electron chi connectivity index (χ1n) is 5.43. The molecule has 3 heteroatoms. The highest BCUT2D eigenvalue weighted by atomic mass is 79.9. The number of halogens is 1. The predicted molar refractivity (Wildman–Crippen MR) is 64.3 cm³/mol. The molecule has 82 valence electrons. The minimum Gasteiger partial charge on any atom is -0.373 e. The Kier molecular flexibility index (Phi) is 3.76. The van der Waals surface area contributed by atoms with E-state index in [1.54, 1.807) is 0 Å². The van der Waals surface area contributed by atoms with Crippen molar-refractivity contribution in [3.05, 3.63) is 30.1 Å². The summed E-state index contributed by atoms with van der Waals surface area (Å²) < 4.78 is 5.94. The van der Waals surface area contributed by atoms with Crippen molar-refractivity contribution in [2.45, 2.75) is 37.9 Å². The van der Waals surface area contributed by atoms with Crippen LogP contribution in [0.1, 0.15) is 31.4 Å². The molecule has 2 rings (SSSR count). The van der Waals surface area contributed by atoms with Gasteiger partial charge in [-0.3, -0.25) is 4.98 Å². The number of alkyl halides is 1. The monoisotopic (exact) mass is 269 g/mol. The second-order valence-electron chi connectivity index (χ2n) is 4.07. The van der Waals surface area contributed by atoms with Crippen LogP contribution in [0.3, 0.4) is 0 Å². The normalized spacial score (nSPS) is 27.9. The van der Waals surface area contributed by atoms with E-state index in [9.17, 15) is 0 Å². The van der Waals surface area contributed by atoms with Gasteiger partial charge in [-0.2, -0.15) is 0 Å². The van der Waals surface area contributed by atoms with Crippen LogP contribution in [-0.4, -0.2) is 22.5 Å². The first kappa shape index (κ1) is 11.1. The summed E-state index contributed by atoms with van der Waals surface area (Å²) >= 11 is 3.47. The average Bonchev–Trinajstić information content (AvgIpc) is 2.78. The molecule has 0 saturated carbocycles. The quantitative estimate of drug-likeness (QED) is 0.787. The Balaban J connectivity index is 2.00. The van der Waals surface area contributed by atoms with Gasteiger partial charge in [0.15, 0.2) is 0 Å². The number of ether oxygens (including phenoxy) is 1. The largest absolute Gasteiger partial charge is 0.373 e. The minimum absolute atomic E-state index is 0.336. The van der Waals surface area contributed by atoms with Gasteiger partial charge < -0.3 is 4.74 Å². The van der Waals surface area contributed by atoms with E-state index in [-0.39, 0.29) is 0 Å². The van der Waals surface area contributed by atoms with Crippen molar-refractivity contribution >= 4 is 15.9 Å². The van der Waals surface area contributed by atoms with Gasteiger partial charge in [-0.15, -0.1) is 0 Å². The molecular formula is C12H16BrNO. The molecule has 0 spiro atoms. The number of aromatic nitrogens is 1. The highest BCUT2D eigenvalue weighted by Gasteiger charge is 2.29. The lowest BCUT2D eigenvalue weighted by molar-refractivity contribution is 0.0447. The molecule has 3 atom stereocenters. The molecule has 1 aromatic rings. The Morgan fingerprint density at radius 2 is 2.40 bits per heavy atom. The molecule has 0 amide bonds. The third-order valence-electron chi connectivity index (χ3n) is 3.02. The van der Waals surface area contributed by atoms with E-state index in [0.29, 0.717) is 18.1 Å². The lowest BCUT2D eigenvalue weighted by Gasteiger charge is -2.19. The SMILES string of the molecule is CC(c1ccccn1)C1CCC(CBr)O1. The fourth-order valence-corrected chi connectivity index (χ4v) is 2.53. The Hall–Kier alpha value is -0.410. The Labute approximate surface area is 99.2 Å². The van der Waals surface area contributed by atoms with E-state index in [0.717, 1.165) is 23.9 Å². The average molecular weight is 270 g/mol. The van der Waals surface area contributed by atoms with Gasteiger partial charge >= 0.3 is 0 Å². The van der Waals surface area contributed by atoms with Crippen LogP contribution in [0.2, 0.25) is 0 Å². The third kappa shape index (κ3) is 2.58. The van der Waals surface area contributed by atoms with Crippen molar-refractivity contribution in [2.75, 3.05) is 5.33 Å². The van der Waals surface area contributed by atoms with Crippen LogP contribution in [0.5, 0.6) is 0 Å². The van der Waals surface area contributed by atoms with Crippen molar-refractivity contribution < 1.29 is 4.74 Å². The van der Waals surface area contributed by atoms with Crippen LogP contribution in [0.15, 0.2) is 24.4 Å². The van der Waals surface area contributed by atoms with E-state index in [4.69, 9.17) is 4.74 Å². The molecule has 1 fully saturated rings. The van der Waals surface area contributed by atoms with Crippen molar-refractivity contribution in [3.63, 3.8) is 0 Å². The van der Waals surface area contributed by atoms with Crippen LogP contribution in [0, 0.1) is 0 Å². The van der Waals surface area contributed by atoms with Crippen LogP contribution < -0.4 is 0 Å². The van der Waals surface area contributed by atoms with Gasteiger partial charge in [-0.05, 0) is 25.0 Å². The summed E-state index contributed by atoms with van der Waals surface area (Å²) in [6, 6.07) is 6.07. The van der Waals surface area contributed by atoms with E-state index in [1.165, 1.54) is 0 Å². The molecule has 0 N–H and O–H groups in total. The molecule has 0 bridgehead atoms. The second kappa shape index (κ2) is 5.08. The fraction of sp³-hybridized carbons (Fsp3) is 0.583. The highest BCUT2D eigenvalue weighted by Crippen LogP contribution is 2.31. The topological polar surface area (TPSA) is 22.1 Å². The van der Waals surface area contributed by atoms with Gasteiger partial charge in [0.25, 0.3) is 0 Å². The van der Waals surface area contributed by atoms with Crippen LogP contribution >= 0.6 is 15.9 Å². The summed E-state index contributed by atoms with van der Waals surface area (Å²) in [5, 5.41) is 0.943. The van der Waals surface area contributed by atoms with Gasteiger partial charge in [0.05, 0.1) is 12.2 Å². The van der Waals surface area contributed by atoms with Crippen molar-refractivity contribution in [1.29, 1.82) is 0 Å². The van der Waals surface area contributed by atoms with Crippen LogP contribution in [0.4, 0.5) is 0 Å².